The van der Waals surface area contributed by atoms with Crippen molar-refractivity contribution in [1.29, 1.82) is 0 Å². The fraction of sp³-hybridized carbons (Fsp3) is 0.174. The van der Waals surface area contributed by atoms with Gasteiger partial charge in [-0.3, -0.25) is 19.3 Å². The molecule has 2 amide bonds. The molecule has 5 heteroatoms. The normalized spacial score (nSPS) is 14.5. The molecule has 2 aromatic carbocycles. The van der Waals surface area contributed by atoms with Gasteiger partial charge in [-0.1, -0.05) is 42.5 Å². The molecular weight excluding hydrogens is 352 g/mol. The number of ketones is 1. The van der Waals surface area contributed by atoms with Crippen LogP contribution in [0.4, 0.5) is 0 Å². The Morgan fingerprint density at radius 1 is 0.857 bits per heavy atom. The third-order valence-electron chi connectivity index (χ3n) is 5.52. The highest BCUT2D eigenvalue weighted by Crippen LogP contribution is 2.40. The van der Waals surface area contributed by atoms with Crippen LogP contribution in [0.1, 0.15) is 34.1 Å². The first-order valence-corrected chi connectivity index (χ1v) is 9.05. The molecule has 2 heterocycles. The van der Waals surface area contributed by atoms with E-state index in [0.29, 0.717) is 22.3 Å². The molecule has 1 aliphatic heterocycles. The Hall–Kier alpha value is -3.47. The van der Waals surface area contributed by atoms with Crippen LogP contribution in [0.3, 0.4) is 0 Å². The van der Waals surface area contributed by atoms with Crippen LogP contribution in [-0.4, -0.2) is 34.1 Å². The van der Waals surface area contributed by atoms with E-state index in [0.717, 1.165) is 27.1 Å². The van der Waals surface area contributed by atoms with Gasteiger partial charge < -0.3 is 4.57 Å². The van der Waals surface area contributed by atoms with Gasteiger partial charge in [0.15, 0.2) is 5.78 Å². The van der Waals surface area contributed by atoms with E-state index in [4.69, 9.17) is 0 Å². The van der Waals surface area contributed by atoms with Crippen molar-refractivity contribution in [2.75, 3.05) is 7.05 Å². The van der Waals surface area contributed by atoms with E-state index in [1.807, 2.05) is 42.8 Å². The molecule has 0 N–H and O–H groups in total. The number of benzene rings is 2. The molecule has 140 valence electrons. The van der Waals surface area contributed by atoms with Gasteiger partial charge >= 0.3 is 0 Å². The molecule has 5 nitrogen and oxygen atoms in total. The van der Waals surface area contributed by atoms with Crippen LogP contribution in [0.2, 0.25) is 0 Å². The third-order valence-corrected chi connectivity index (χ3v) is 5.52. The third kappa shape index (κ3) is 2.43. The molecule has 28 heavy (non-hydrogen) atoms. The minimum atomic E-state index is -0.331. The summed E-state index contributed by atoms with van der Waals surface area (Å²) in [6.07, 6.45) is 0. The van der Waals surface area contributed by atoms with Crippen molar-refractivity contribution in [3.05, 3.63) is 70.9 Å². The molecule has 0 saturated heterocycles. The number of nitrogens with zero attached hydrogens (tertiary/aromatic N) is 2. The molecule has 0 aliphatic carbocycles. The van der Waals surface area contributed by atoms with Crippen molar-refractivity contribution in [2.24, 2.45) is 7.05 Å². The number of hydrogen-bond donors (Lipinski definition) is 0. The Morgan fingerprint density at radius 3 is 2.11 bits per heavy atom. The summed E-state index contributed by atoms with van der Waals surface area (Å²) in [4.78, 5) is 38.7. The van der Waals surface area contributed by atoms with Crippen molar-refractivity contribution in [1.82, 2.24) is 9.47 Å². The van der Waals surface area contributed by atoms with Crippen molar-refractivity contribution in [3.8, 4) is 0 Å². The van der Waals surface area contributed by atoms with E-state index in [2.05, 4.69) is 0 Å². The van der Waals surface area contributed by atoms with Gasteiger partial charge in [0.1, 0.15) is 0 Å². The zero-order valence-corrected chi connectivity index (χ0v) is 16.2. The summed E-state index contributed by atoms with van der Waals surface area (Å²) in [6.45, 7) is 3.45. The lowest BCUT2D eigenvalue weighted by atomic mass is 9.93. The lowest BCUT2D eigenvalue weighted by molar-refractivity contribution is -0.134. The van der Waals surface area contributed by atoms with E-state index in [1.165, 1.54) is 14.0 Å². The Balaban J connectivity index is 2.04. The van der Waals surface area contributed by atoms with E-state index in [-0.39, 0.29) is 17.6 Å². The van der Waals surface area contributed by atoms with Gasteiger partial charge in [-0.05, 0) is 25.5 Å². The summed E-state index contributed by atoms with van der Waals surface area (Å²) >= 11 is 0. The smallest absolute Gasteiger partial charge is 0.262 e. The molecule has 4 rings (SSSR count). The van der Waals surface area contributed by atoms with Crippen molar-refractivity contribution < 1.29 is 14.4 Å². The first-order valence-electron chi connectivity index (χ1n) is 9.05. The molecular formula is C23H20N2O3. The largest absolute Gasteiger partial charge is 0.347 e. The van der Waals surface area contributed by atoms with Gasteiger partial charge in [0.2, 0.25) is 0 Å². The SMILES string of the molecule is CC(=O)c1ccc(C2=C(c3c(C)n(C)c4ccccc34)C(=O)N(C)C2=O)cc1. The zero-order valence-electron chi connectivity index (χ0n) is 16.2. The molecule has 0 bridgehead atoms. The number of carbonyl (C=O) groups is 3. The van der Waals surface area contributed by atoms with Crippen LogP contribution >= 0.6 is 0 Å². The van der Waals surface area contributed by atoms with Crippen LogP contribution in [0.15, 0.2) is 48.5 Å². The summed E-state index contributed by atoms with van der Waals surface area (Å²) in [5, 5.41) is 0.937. The summed E-state index contributed by atoms with van der Waals surface area (Å²) in [6, 6.07) is 14.7. The monoisotopic (exact) mass is 372 g/mol. The van der Waals surface area contributed by atoms with Crippen molar-refractivity contribution in [2.45, 2.75) is 13.8 Å². The lowest BCUT2D eigenvalue weighted by Crippen LogP contribution is -2.26. The average Bonchev–Trinajstić information content (AvgIpc) is 3.07. The number of imide groups is 1. The van der Waals surface area contributed by atoms with E-state index >= 15 is 0 Å². The first-order chi connectivity index (χ1) is 13.3. The Bertz CT molecular complexity index is 1200. The standard InChI is InChI=1S/C23H20N2O3/c1-13-19(17-7-5-6-8-18(17)24(13)3)21-20(22(27)25(4)23(21)28)16-11-9-15(10-12-16)14(2)26/h5-12H,1-4H3. The Kier molecular flexibility index (Phi) is 4.03. The van der Waals surface area contributed by atoms with Gasteiger partial charge in [0.05, 0.1) is 11.1 Å². The van der Waals surface area contributed by atoms with Crippen molar-refractivity contribution in [3.63, 3.8) is 0 Å². The first kappa shape index (κ1) is 17.9. The highest BCUT2D eigenvalue weighted by atomic mass is 16.2. The summed E-state index contributed by atoms with van der Waals surface area (Å²) < 4.78 is 2.03. The molecule has 0 spiro atoms. The highest BCUT2D eigenvalue weighted by molar-refractivity contribution is 6.49. The van der Waals surface area contributed by atoms with Crippen LogP contribution in [-0.2, 0) is 16.6 Å². The van der Waals surface area contributed by atoms with Crippen LogP contribution < -0.4 is 0 Å². The van der Waals surface area contributed by atoms with Crippen LogP contribution in [0.5, 0.6) is 0 Å². The second kappa shape index (κ2) is 6.30. The van der Waals surface area contributed by atoms with Crippen LogP contribution in [0, 0.1) is 6.92 Å². The van der Waals surface area contributed by atoms with Gasteiger partial charge in [0.25, 0.3) is 11.8 Å². The van der Waals surface area contributed by atoms with E-state index < -0.39 is 0 Å². The minimum Gasteiger partial charge on any atom is -0.347 e. The number of fused-ring (bicyclic) bond motifs is 1. The van der Waals surface area contributed by atoms with Gasteiger partial charge in [0, 0.05) is 41.8 Å². The summed E-state index contributed by atoms with van der Waals surface area (Å²) in [5.74, 6) is -0.686. The second-order valence-corrected chi connectivity index (χ2v) is 7.09. The molecule has 3 aromatic rings. The summed E-state index contributed by atoms with van der Waals surface area (Å²) in [5.41, 5.74) is 4.70. The number of aromatic nitrogens is 1. The average molecular weight is 372 g/mol. The summed E-state index contributed by atoms with van der Waals surface area (Å²) in [7, 11) is 3.45. The van der Waals surface area contributed by atoms with Gasteiger partial charge in [-0.2, -0.15) is 0 Å². The fourth-order valence-electron chi connectivity index (χ4n) is 3.85. The maximum Gasteiger partial charge on any atom is 0.262 e. The number of para-hydroxylation sites is 1. The second-order valence-electron chi connectivity index (χ2n) is 7.09. The minimum absolute atomic E-state index is 0.0448. The van der Waals surface area contributed by atoms with Crippen molar-refractivity contribution >= 4 is 39.6 Å². The molecule has 0 radical (unpaired) electrons. The maximum absolute atomic E-state index is 13.1. The Labute approximate surface area is 162 Å². The van der Waals surface area contributed by atoms with Crippen LogP contribution in [0.25, 0.3) is 22.0 Å². The molecule has 0 saturated carbocycles. The van der Waals surface area contributed by atoms with E-state index in [9.17, 15) is 14.4 Å². The molecule has 0 fully saturated rings. The zero-order chi connectivity index (χ0) is 20.2. The molecule has 0 unspecified atom stereocenters. The molecule has 0 atom stereocenters. The predicted octanol–water partition coefficient (Wildman–Crippen LogP) is 3.60. The number of rotatable bonds is 3. The number of amides is 2. The number of hydrogen-bond acceptors (Lipinski definition) is 3. The topological polar surface area (TPSA) is 59.4 Å². The number of likely N-dealkylation sites (N-methyl/N-ethyl adjacent to an activating group) is 1. The predicted molar refractivity (Wildman–Crippen MR) is 109 cm³/mol. The maximum atomic E-state index is 13.1. The molecule has 1 aromatic heterocycles. The molecule has 1 aliphatic rings. The van der Waals surface area contributed by atoms with E-state index in [1.54, 1.807) is 24.3 Å². The van der Waals surface area contributed by atoms with Gasteiger partial charge in [-0.15, -0.1) is 0 Å². The Morgan fingerprint density at radius 2 is 1.46 bits per heavy atom. The number of aryl methyl sites for hydroxylation is 1. The lowest BCUT2D eigenvalue weighted by Gasteiger charge is -2.07. The number of carbonyl (C=O) groups excluding carboxylic acids is 3. The fourth-order valence-corrected chi connectivity index (χ4v) is 3.85. The highest BCUT2D eigenvalue weighted by Gasteiger charge is 2.39. The van der Waals surface area contributed by atoms with Gasteiger partial charge in [-0.25, -0.2) is 0 Å². The number of Topliss-reactive ketones (excluding diaryl/α,β-unsaturated/α-hetero) is 1. The quantitative estimate of drug-likeness (QED) is 0.521.